The number of rotatable bonds is 4. The van der Waals surface area contributed by atoms with Gasteiger partial charge in [0.05, 0.1) is 12.8 Å². The number of nitrogens with one attached hydrogen (secondary N) is 2. The Kier molecular flexibility index (Phi) is 4.29. The Morgan fingerprint density at radius 2 is 2.04 bits per heavy atom. The molecule has 6 heteroatoms. The van der Waals surface area contributed by atoms with Gasteiger partial charge in [-0.05, 0) is 42.8 Å². The van der Waals surface area contributed by atoms with Gasteiger partial charge in [-0.15, -0.1) is 0 Å². The quantitative estimate of drug-likeness (QED) is 0.767. The highest BCUT2D eigenvalue weighted by Gasteiger charge is 2.11. The van der Waals surface area contributed by atoms with Gasteiger partial charge in [-0.3, -0.25) is 9.89 Å². The number of aromatic nitrogens is 2. The minimum absolute atomic E-state index is 0.280. The average Bonchev–Trinajstić information content (AvgIpc) is 3.03. The number of methoxy groups -OCH3 is 1. The number of carbonyl (C=O) groups is 1. The third-order valence-electron chi connectivity index (χ3n) is 3.61. The number of benzene rings is 2. The van der Waals surface area contributed by atoms with Crippen LogP contribution in [0.1, 0.15) is 15.9 Å². The average molecular weight is 325 g/mol. The minimum Gasteiger partial charge on any atom is -0.496 e. The molecule has 0 fully saturated rings. The molecule has 1 amide bonds. The fourth-order valence-electron chi connectivity index (χ4n) is 2.40. The van der Waals surface area contributed by atoms with Gasteiger partial charge >= 0.3 is 0 Å². The second-order valence-electron chi connectivity index (χ2n) is 5.32. The topological polar surface area (TPSA) is 67.0 Å². The zero-order chi connectivity index (χ0) is 17.1. The van der Waals surface area contributed by atoms with Crippen LogP contribution < -0.4 is 10.1 Å². The summed E-state index contributed by atoms with van der Waals surface area (Å²) in [6, 6.07) is 13.0. The lowest BCUT2D eigenvalue weighted by molar-refractivity contribution is 0.102. The highest BCUT2D eigenvalue weighted by Crippen LogP contribution is 2.22. The fourth-order valence-corrected chi connectivity index (χ4v) is 2.40. The van der Waals surface area contributed by atoms with Crippen molar-refractivity contribution < 1.29 is 13.9 Å². The van der Waals surface area contributed by atoms with E-state index in [-0.39, 0.29) is 11.7 Å². The van der Waals surface area contributed by atoms with Crippen molar-refractivity contribution in [1.82, 2.24) is 10.2 Å². The van der Waals surface area contributed by atoms with Crippen molar-refractivity contribution in [1.29, 1.82) is 0 Å². The predicted molar refractivity (Wildman–Crippen MR) is 89.7 cm³/mol. The first kappa shape index (κ1) is 15.7. The number of ether oxygens (including phenoxy) is 1. The molecule has 0 bridgehead atoms. The van der Waals surface area contributed by atoms with E-state index >= 15 is 0 Å². The molecule has 0 saturated carbocycles. The Bertz CT molecular complexity index is 889. The van der Waals surface area contributed by atoms with Crippen LogP contribution in [0.15, 0.2) is 48.5 Å². The molecule has 0 saturated heterocycles. The van der Waals surface area contributed by atoms with E-state index in [9.17, 15) is 9.18 Å². The molecule has 0 aliphatic heterocycles. The van der Waals surface area contributed by atoms with Crippen LogP contribution in [0.5, 0.6) is 5.75 Å². The number of anilines is 1. The normalized spacial score (nSPS) is 10.5. The van der Waals surface area contributed by atoms with E-state index < -0.39 is 0 Å². The first-order valence-corrected chi connectivity index (χ1v) is 7.34. The van der Waals surface area contributed by atoms with Gasteiger partial charge in [0.15, 0.2) is 5.82 Å². The number of nitrogens with zero attached hydrogens (tertiary/aromatic N) is 1. The van der Waals surface area contributed by atoms with E-state index in [1.807, 2.05) is 6.92 Å². The third kappa shape index (κ3) is 3.27. The lowest BCUT2D eigenvalue weighted by Crippen LogP contribution is -2.12. The maximum Gasteiger partial charge on any atom is 0.256 e. The van der Waals surface area contributed by atoms with E-state index in [0.29, 0.717) is 22.6 Å². The summed E-state index contributed by atoms with van der Waals surface area (Å²) in [5, 5.41) is 9.54. The number of halogens is 1. The first-order valence-electron chi connectivity index (χ1n) is 7.34. The van der Waals surface area contributed by atoms with Crippen LogP contribution in [-0.2, 0) is 0 Å². The van der Waals surface area contributed by atoms with Crippen LogP contribution >= 0.6 is 0 Å². The largest absolute Gasteiger partial charge is 0.496 e. The van der Waals surface area contributed by atoms with Gasteiger partial charge in [-0.25, -0.2) is 4.39 Å². The molecule has 24 heavy (non-hydrogen) atoms. The maximum absolute atomic E-state index is 13.3. The smallest absolute Gasteiger partial charge is 0.256 e. The van der Waals surface area contributed by atoms with Crippen molar-refractivity contribution in [2.24, 2.45) is 0 Å². The molecule has 3 rings (SSSR count). The van der Waals surface area contributed by atoms with Gasteiger partial charge in [0.1, 0.15) is 11.6 Å². The molecule has 3 aromatic rings. The lowest BCUT2D eigenvalue weighted by atomic mass is 10.1. The first-order chi connectivity index (χ1) is 11.6. The van der Waals surface area contributed by atoms with E-state index in [4.69, 9.17) is 4.74 Å². The predicted octanol–water partition coefficient (Wildman–Crippen LogP) is 3.79. The number of carbonyl (C=O) groups excluding carboxylic acids is 1. The Morgan fingerprint density at radius 1 is 1.21 bits per heavy atom. The molecule has 122 valence electrons. The summed E-state index contributed by atoms with van der Waals surface area (Å²) in [5.41, 5.74) is 2.65. The van der Waals surface area contributed by atoms with Gasteiger partial charge in [0, 0.05) is 17.2 Å². The number of hydrogen-bond acceptors (Lipinski definition) is 3. The standard InChI is InChI=1S/C18H16FN3O2/c1-11-8-13(6-7-16(11)24-2)18(23)20-17-10-15(21-22-17)12-4-3-5-14(19)9-12/h3-10H,1-2H3,(H2,20,21,22,23). The minimum atomic E-state index is -0.332. The number of hydrogen-bond donors (Lipinski definition) is 2. The molecule has 0 unspecified atom stereocenters. The summed E-state index contributed by atoms with van der Waals surface area (Å²) >= 11 is 0. The van der Waals surface area contributed by atoms with Gasteiger partial charge in [0.25, 0.3) is 5.91 Å². The van der Waals surface area contributed by atoms with Gasteiger partial charge in [-0.2, -0.15) is 5.10 Å². The molecule has 0 aliphatic carbocycles. The summed E-state index contributed by atoms with van der Waals surface area (Å²) < 4.78 is 18.5. The summed E-state index contributed by atoms with van der Waals surface area (Å²) in [5.74, 6) is 0.479. The second-order valence-corrected chi connectivity index (χ2v) is 5.32. The van der Waals surface area contributed by atoms with Crippen molar-refractivity contribution in [3.8, 4) is 17.0 Å². The highest BCUT2D eigenvalue weighted by molar-refractivity contribution is 6.04. The Hall–Kier alpha value is -3.15. The van der Waals surface area contributed by atoms with Crippen molar-refractivity contribution in [3.05, 3.63) is 65.5 Å². The molecule has 0 spiro atoms. The molecule has 1 heterocycles. The molecule has 1 aromatic heterocycles. The van der Waals surface area contributed by atoms with E-state index in [1.165, 1.54) is 12.1 Å². The number of aromatic amines is 1. The summed E-state index contributed by atoms with van der Waals surface area (Å²) in [7, 11) is 1.58. The molecule has 2 N–H and O–H groups in total. The zero-order valence-corrected chi connectivity index (χ0v) is 13.3. The number of amides is 1. The van der Waals surface area contributed by atoms with Gasteiger partial charge in [0.2, 0.25) is 0 Å². The fraction of sp³-hybridized carbons (Fsp3) is 0.111. The van der Waals surface area contributed by atoms with Crippen LogP contribution in [0, 0.1) is 12.7 Å². The molecule has 0 radical (unpaired) electrons. The molecule has 2 aromatic carbocycles. The van der Waals surface area contributed by atoms with Crippen LogP contribution in [0.3, 0.4) is 0 Å². The van der Waals surface area contributed by atoms with Crippen molar-refractivity contribution >= 4 is 11.7 Å². The maximum atomic E-state index is 13.3. The van der Waals surface area contributed by atoms with E-state index in [1.54, 1.807) is 43.5 Å². The van der Waals surface area contributed by atoms with Crippen LogP contribution in [0.2, 0.25) is 0 Å². The molecule has 0 aliphatic rings. The highest BCUT2D eigenvalue weighted by atomic mass is 19.1. The second kappa shape index (κ2) is 6.54. The molecule has 5 nitrogen and oxygen atoms in total. The van der Waals surface area contributed by atoms with Crippen molar-refractivity contribution in [3.63, 3.8) is 0 Å². The number of H-pyrrole nitrogens is 1. The van der Waals surface area contributed by atoms with Crippen LogP contribution in [0.25, 0.3) is 11.3 Å². The Labute approximate surface area is 138 Å². The third-order valence-corrected chi connectivity index (χ3v) is 3.61. The summed E-state index contributed by atoms with van der Waals surface area (Å²) in [6.07, 6.45) is 0. The Morgan fingerprint density at radius 3 is 2.75 bits per heavy atom. The van der Waals surface area contributed by atoms with Crippen LogP contribution in [0.4, 0.5) is 10.2 Å². The lowest BCUT2D eigenvalue weighted by Gasteiger charge is -2.07. The SMILES string of the molecule is COc1ccc(C(=O)Nc2cc(-c3cccc(F)c3)[nH]n2)cc1C. The zero-order valence-electron chi connectivity index (χ0n) is 13.3. The molecular formula is C18H16FN3O2. The molecular weight excluding hydrogens is 309 g/mol. The van der Waals surface area contributed by atoms with Gasteiger partial charge in [-0.1, -0.05) is 12.1 Å². The van der Waals surface area contributed by atoms with E-state index in [0.717, 1.165) is 11.3 Å². The monoisotopic (exact) mass is 325 g/mol. The summed E-state index contributed by atoms with van der Waals surface area (Å²) in [6.45, 7) is 1.87. The van der Waals surface area contributed by atoms with Gasteiger partial charge < -0.3 is 10.1 Å². The summed E-state index contributed by atoms with van der Waals surface area (Å²) in [4.78, 5) is 12.3. The van der Waals surface area contributed by atoms with E-state index in [2.05, 4.69) is 15.5 Å². The number of aryl methyl sites for hydroxylation is 1. The van der Waals surface area contributed by atoms with Crippen molar-refractivity contribution in [2.45, 2.75) is 6.92 Å². The Balaban J connectivity index is 1.77. The van der Waals surface area contributed by atoms with Crippen LogP contribution in [-0.4, -0.2) is 23.2 Å². The van der Waals surface area contributed by atoms with Crippen molar-refractivity contribution in [2.75, 3.05) is 12.4 Å². The molecule has 0 atom stereocenters.